The quantitative estimate of drug-likeness (QED) is 0.631. The van der Waals surface area contributed by atoms with E-state index in [0.717, 1.165) is 4.57 Å². The summed E-state index contributed by atoms with van der Waals surface area (Å²) in [4.78, 5) is 14.6. The molecule has 3 nitrogen and oxygen atoms in total. The molecule has 1 rings (SSSR count). The van der Waals surface area contributed by atoms with Crippen LogP contribution in [0.4, 0.5) is 4.39 Å². The zero-order valence-corrected chi connectivity index (χ0v) is 5.83. The normalized spacial score (nSPS) is 9.55. The first kappa shape index (κ1) is 7.65. The van der Waals surface area contributed by atoms with E-state index < -0.39 is 6.67 Å². The SMILES string of the molecule is C=Cn1c(CF)nccc1=O. The summed E-state index contributed by atoms with van der Waals surface area (Å²) in [5.74, 6) is 0.0764. The van der Waals surface area contributed by atoms with Crippen LogP contribution in [0.2, 0.25) is 0 Å². The summed E-state index contributed by atoms with van der Waals surface area (Å²) in [5.41, 5.74) is -0.317. The molecule has 0 atom stereocenters. The highest BCUT2D eigenvalue weighted by Gasteiger charge is 1.98. The Morgan fingerprint density at radius 2 is 2.55 bits per heavy atom. The lowest BCUT2D eigenvalue weighted by molar-refractivity contribution is 0.457. The van der Waals surface area contributed by atoms with Crippen LogP contribution in [-0.4, -0.2) is 9.55 Å². The lowest BCUT2D eigenvalue weighted by Crippen LogP contribution is -2.18. The molecule has 0 spiro atoms. The van der Waals surface area contributed by atoms with Crippen LogP contribution in [0, 0.1) is 0 Å². The maximum atomic E-state index is 12.1. The number of rotatable bonds is 2. The van der Waals surface area contributed by atoms with Crippen molar-refractivity contribution in [3.8, 4) is 0 Å². The van der Waals surface area contributed by atoms with Crippen molar-refractivity contribution < 1.29 is 4.39 Å². The molecule has 0 aliphatic heterocycles. The molecule has 58 valence electrons. The van der Waals surface area contributed by atoms with Gasteiger partial charge in [-0.2, -0.15) is 0 Å². The monoisotopic (exact) mass is 154 g/mol. The molecule has 0 saturated heterocycles. The molecule has 1 heterocycles. The maximum absolute atomic E-state index is 12.1. The van der Waals surface area contributed by atoms with Gasteiger partial charge in [-0.3, -0.25) is 9.36 Å². The van der Waals surface area contributed by atoms with Gasteiger partial charge in [0.25, 0.3) is 5.56 Å². The van der Waals surface area contributed by atoms with Gasteiger partial charge in [0.15, 0.2) is 0 Å². The van der Waals surface area contributed by atoms with E-state index in [2.05, 4.69) is 11.6 Å². The van der Waals surface area contributed by atoms with Gasteiger partial charge in [0.05, 0.1) is 0 Å². The molecule has 4 heteroatoms. The molecule has 0 amide bonds. The van der Waals surface area contributed by atoms with E-state index in [0.29, 0.717) is 0 Å². The minimum Gasteiger partial charge on any atom is -0.270 e. The third-order valence-electron chi connectivity index (χ3n) is 1.26. The Kier molecular flexibility index (Phi) is 2.15. The summed E-state index contributed by atoms with van der Waals surface area (Å²) < 4.78 is 13.2. The van der Waals surface area contributed by atoms with Gasteiger partial charge in [0.1, 0.15) is 12.5 Å². The minimum atomic E-state index is -0.762. The van der Waals surface area contributed by atoms with Crippen LogP contribution in [0.1, 0.15) is 5.82 Å². The molecule has 1 aromatic heterocycles. The fraction of sp³-hybridized carbons (Fsp3) is 0.143. The van der Waals surface area contributed by atoms with E-state index in [-0.39, 0.29) is 11.4 Å². The van der Waals surface area contributed by atoms with Crippen LogP contribution >= 0.6 is 0 Å². The summed E-state index contributed by atoms with van der Waals surface area (Å²) >= 11 is 0. The number of aromatic nitrogens is 2. The highest BCUT2D eigenvalue weighted by atomic mass is 19.1. The van der Waals surface area contributed by atoms with Crippen molar-refractivity contribution in [3.05, 3.63) is 35.0 Å². The van der Waals surface area contributed by atoms with Crippen molar-refractivity contribution >= 4 is 6.20 Å². The number of hydrogen-bond donors (Lipinski definition) is 0. The number of hydrogen-bond acceptors (Lipinski definition) is 2. The van der Waals surface area contributed by atoms with Crippen LogP contribution in [-0.2, 0) is 6.67 Å². The first-order valence-electron chi connectivity index (χ1n) is 3.04. The van der Waals surface area contributed by atoms with Gasteiger partial charge in [-0.25, -0.2) is 9.37 Å². The van der Waals surface area contributed by atoms with Gasteiger partial charge in [0.2, 0.25) is 0 Å². The van der Waals surface area contributed by atoms with Gasteiger partial charge >= 0.3 is 0 Å². The molecule has 0 fully saturated rings. The fourth-order valence-corrected chi connectivity index (χ4v) is 0.751. The highest BCUT2D eigenvalue weighted by molar-refractivity contribution is 5.18. The van der Waals surface area contributed by atoms with Gasteiger partial charge < -0.3 is 0 Å². The number of nitrogens with zero attached hydrogens (tertiary/aromatic N) is 2. The molecule has 0 bridgehead atoms. The van der Waals surface area contributed by atoms with E-state index in [9.17, 15) is 9.18 Å². The Morgan fingerprint density at radius 3 is 3.00 bits per heavy atom. The molecule has 1 aromatic rings. The van der Waals surface area contributed by atoms with E-state index in [1.54, 1.807) is 0 Å². The Morgan fingerprint density at radius 1 is 1.82 bits per heavy atom. The van der Waals surface area contributed by atoms with Crippen LogP contribution in [0.25, 0.3) is 6.20 Å². The smallest absolute Gasteiger partial charge is 0.257 e. The van der Waals surface area contributed by atoms with Gasteiger partial charge in [-0.15, -0.1) is 0 Å². The summed E-state index contributed by atoms with van der Waals surface area (Å²) in [7, 11) is 0. The standard InChI is InChI=1S/C7H7FN2O/c1-2-10-6(5-8)9-4-3-7(10)11/h2-4H,1,5H2. The van der Waals surface area contributed by atoms with Crippen molar-refractivity contribution in [3.63, 3.8) is 0 Å². The second kappa shape index (κ2) is 3.09. The van der Waals surface area contributed by atoms with E-state index in [1.165, 1.54) is 18.5 Å². The molecule has 0 saturated carbocycles. The van der Waals surface area contributed by atoms with Crippen LogP contribution in [0.5, 0.6) is 0 Å². The van der Waals surface area contributed by atoms with Crippen molar-refractivity contribution in [1.29, 1.82) is 0 Å². The second-order valence-electron chi connectivity index (χ2n) is 1.89. The van der Waals surface area contributed by atoms with E-state index in [4.69, 9.17) is 0 Å². The van der Waals surface area contributed by atoms with E-state index in [1.807, 2.05) is 0 Å². The summed E-state index contributed by atoms with van der Waals surface area (Å²) in [6.07, 6.45) is 2.52. The first-order chi connectivity index (χ1) is 5.29. The summed E-state index contributed by atoms with van der Waals surface area (Å²) in [6.45, 7) is 2.59. The molecule has 0 N–H and O–H groups in total. The molecule has 0 aliphatic rings. The first-order valence-corrected chi connectivity index (χ1v) is 3.04. The predicted octanol–water partition coefficient (Wildman–Crippen LogP) is 0.813. The average molecular weight is 154 g/mol. The Hall–Kier alpha value is -1.45. The lowest BCUT2D eigenvalue weighted by atomic mass is 10.5. The molecule has 11 heavy (non-hydrogen) atoms. The fourth-order valence-electron chi connectivity index (χ4n) is 0.751. The zero-order valence-electron chi connectivity index (χ0n) is 5.83. The molecule has 0 aliphatic carbocycles. The van der Waals surface area contributed by atoms with Crippen molar-refractivity contribution in [2.24, 2.45) is 0 Å². The van der Waals surface area contributed by atoms with E-state index >= 15 is 0 Å². The van der Waals surface area contributed by atoms with Crippen LogP contribution in [0.3, 0.4) is 0 Å². The Balaban J connectivity index is 3.36. The molecular formula is C7H7FN2O. The third-order valence-corrected chi connectivity index (χ3v) is 1.26. The van der Waals surface area contributed by atoms with Gasteiger partial charge in [-0.05, 0) is 0 Å². The Labute approximate surface area is 62.8 Å². The molecular weight excluding hydrogens is 147 g/mol. The highest BCUT2D eigenvalue weighted by Crippen LogP contribution is 1.93. The third kappa shape index (κ3) is 1.34. The largest absolute Gasteiger partial charge is 0.270 e. The maximum Gasteiger partial charge on any atom is 0.257 e. The summed E-state index contributed by atoms with van der Waals surface area (Å²) in [6, 6.07) is 1.25. The lowest BCUT2D eigenvalue weighted by Gasteiger charge is -2.00. The van der Waals surface area contributed by atoms with Crippen molar-refractivity contribution in [2.45, 2.75) is 6.67 Å². The number of halogens is 1. The van der Waals surface area contributed by atoms with Gasteiger partial charge in [-0.1, -0.05) is 6.58 Å². The molecule has 0 radical (unpaired) electrons. The van der Waals surface area contributed by atoms with Gasteiger partial charge in [0, 0.05) is 18.5 Å². The zero-order chi connectivity index (χ0) is 8.27. The van der Waals surface area contributed by atoms with Crippen LogP contribution in [0.15, 0.2) is 23.6 Å². The Bertz CT molecular complexity index is 318. The molecule has 0 aromatic carbocycles. The predicted molar refractivity (Wildman–Crippen MR) is 39.7 cm³/mol. The van der Waals surface area contributed by atoms with Crippen molar-refractivity contribution in [2.75, 3.05) is 0 Å². The van der Waals surface area contributed by atoms with Crippen LogP contribution < -0.4 is 5.56 Å². The topological polar surface area (TPSA) is 34.9 Å². The minimum absolute atomic E-state index is 0.0764. The average Bonchev–Trinajstić information content (AvgIpc) is 2.04. The summed E-state index contributed by atoms with van der Waals surface area (Å²) in [5, 5.41) is 0. The molecule has 0 unspecified atom stereocenters. The number of alkyl halides is 1. The van der Waals surface area contributed by atoms with Crippen molar-refractivity contribution in [1.82, 2.24) is 9.55 Å². The second-order valence-corrected chi connectivity index (χ2v) is 1.89.